The second-order valence-electron chi connectivity index (χ2n) is 3.53. The fourth-order valence-corrected chi connectivity index (χ4v) is 2.01. The summed E-state index contributed by atoms with van der Waals surface area (Å²) in [5.41, 5.74) is 2.68. The Labute approximate surface area is 87.8 Å². The Hall–Kier alpha value is -1.02. The van der Waals surface area contributed by atoms with Crippen LogP contribution in [0.5, 0.6) is 5.75 Å². The third kappa shape index (κ3) is 1.30. The van der Waals surface area contributed by atoms with Crippen molar-refractivity contribution in [2.24, 2.45) is 0 Å². The topological polar surface area (TPSA) is 26.3 Å². The summed E-state index contributed by atoms with van der Waals surface area (Å²) in [7, 11) is 0. The lowest BCUT2D eigenvalue weighted by Gasteiger charge is -2.20. The number of ether oxygens (including phenoxy) is 1. The molecule has 1 aromatic carbocycles. The Kier molecular flexibility index (Phi) is 2.23. The third-order valence-corrected chi connectivity index (χ3v) is 2.89. The van der Waals surface area contributed by atoms with E-state index in [1.807, 2.05) is 19.9 Å². The molecule has 0 N–H and O–H groups in total. The van der Waals surface area contributed by atoms with Crippen molar-refractivity contribution in [2.75, 3.05) is 6.61 Å². The molecule has 0 aromatic heterocycles. The summed E-state index contributed by atoms with van der Waals surface area (Å²) in [4.78, 5) is 11.7. The molecule has 1 aliphatic heterocycles. The predicted molar refractivity (Wildman–Crippen MR) is 55.4 cm³/mol. The van der Waals surface area contributed by atoms with Crippen LogP contribution in [0.15, 0.2) is 6.07 Å². The largest absolute Gasteiger partial charge is 0.491 e. The summed E-state index contributed by atoms with van der Waals surface area (Å²) in [6.45, 7) is 4.31. The Morgan fingerprint density at radius 2 is 2.14 bits per heavy atom. The van der Waals surface area contributed by atoms with E-state index in [0.717, 1.165) is 11.1 Å². The second-order valence-corrected chi connectivity index (χ2v) is 3.93. The Morgan fingerprint density at radius 1 is 1.43 bits per heavy atom. The van der Waals surface area contributed by atoms with Crippen LogP contribution in [0, 0.1) is 13.8 Å². The molecule has 0 unspecified atom stereocenters. The highest BCUT2D eigenvalue weighted by Gasteiger charge is 2.24. The number of rotatable bonds is 0. The first-order valence-corrected chi connectivity index (χ1v) is 4.94. The smallest absolute Gasteiger partial charge is 0.170 e. The van der Waals surface area contributed by atoms with Crippen molar-refractivity contribution >= 4 is 17.4 Å². The van der Waals surface area contributed by atoms with Gasteiger partial charge in [0.2, 0.25) is 0 Å². The molecule has 0 radical (unpaired) electrons. The van der Waals surface area contributed by atoms with Crippen molar-refractivity contribution in [3.8, 4) is 5.75 Å². The van der Waals surface area contributed by atoms with Crippen LogP contribution in [0.3, 0.4) is 0 Å². The highest BCUT2D eigenvalue weighted by Crippen LogP contribution is 2.36. The van der Waals surface area contributed by atoms with E-state index in [2.05, 4.69) is 0 Å². The number of Topliss-reactive ketones (excluding diaryl/α,β-unsaturated/α-hetero) is 1. The zero-order chi connectivity index (χ0) is 10.3. The van der Waals surface area contributed by atoms with Gasteiger partial charge < -0.3 is 4.74 Å². The van der Waals surface area contributed by atoms with Crippen molar-refractivity contribution in [1.82, 2.24) is 0 Å². The molecule has 0 aliphatic carbocycles. The van der Waals surface area contributed by atoms with Crippen LogP contribution in [0.25, 0.3) is 0 Å². The van der Waals surface area contributed by atoms with Crippen molar-refractivity contribution < 1.29 is 9.53 Å². The maximum atomic E-state index is 11.7. The number of hydrogen-bond acceptors (Lipinski definition) is 2. The van der Waals surface area contributed by atoms with Gasteiger partial charge in [0.15, 0.2) is 5.78 Å². The number of hydrogen-bond donors (Lipinski definition) is 0. The van der Waals surface area contributed by atoms with Gasteiger partial charge in [0.1, 0.15) is 5.75 Å². The molecule has 1 heterocycles. The summed E-state index contributed by atoms with van der Waals surface area (Å²) in [5, 5.41) is 0.538. The van der Waals surface area contributed by atoms with Gasteiger partial charge >= 0.3 is 0 Å². The molecular formula is C11H11ClO2. The molecule has 0 bridgehead atoms. The molecule has 0 amide bonds. The molecule has 1 aromatic rings. The van der Waals surface area contributed by atoms with Gasteiger partial charge in [-0.05, 0) is 31.0 Å². The molecule has 0 spiro atoms. The maximum Gasteiger partial charge on any atom is 0.170 e. The molecule has 0 saturated carbocycles. The molecule has 2 rings (SSSR count). The van der Waals surface area contributed by atoms with Gasteiger partial charge in [-0.15, -0.1) is 0 Å². The van der Waals surface area contributed by atoms with Crippen LogP contribution in [0.2, 0.25) is 5.02 Å². The van der Waals surface area contributed by atoms with Crippen LogP contribution in [-0.4, -0.2) is 12.4 Å². The van der Waals surface area contributed by atoms with E-state index >= 15 is 0 Å². The first kappa shape index (κ1) is 9.53. The fraction of sp³-hybridized carbons (Fsp3) is 0.364. The van der Waals surface area contributed by atoms with Crippen molar-refractivity contribution in [2.45, 2.75) is 20.3 Å². The predicted octanol–water partition coefficient (Wildman–Crippen LogP) is 2.92. The molecule has 2 nitrogen and oxygen atoms in total. The molecule has 0 saturated heterocycles. The van der Waals surface area contributed by atoms with E-state index in [1.165, 1.54) is 0 Å². The van der Waals surface area contributed by atoms with Crippen LogP contribution in [-0.2, 0) is 0 Å². The highest BCUT2D eigenvalue weighted by molar-refractivity contribution is 6.33. The summed E-state index contributed by atoms with van der Waals surface area (Å²) in [6.07, 6.45) is 0.452. The van der Waals surface area contributed by atoms with Crippen molar-refractivity contribution in [1.29, 1.82) is 0 Å². The van der Waals surface area contributed by atoms with Gasteiger partial charge in [-0.3, -0.25) is 4.79 Å². The standard InChI is InChI=1S/C11H11ClO2/c1-6-5-8(12)11-10(7(6)2)9(13)3-4-14-11/h5H,3-4H2,1-2H3. The van der Waals surface area contributed by atoms with Gasteiger partial charge in [-0.2, -0.15) is 0 Å². The normalized spacial score (nSPS) is 14.9. The van der Waals surface area contributed by atoms with E-state index < -0.39 is 0 Å². The number of benzene rings is 1. The first-order valence-electron chi connectivity index (χ1n) is 4.57. The van der Waals surface area contributed by atoms with E-state index in [4.69, 9.17) is 16.3 Å². The lowest BCUT2D eigenvalue weighted by molar-refractivity contribution is 0.0932. The maximum absolute atomic E-state index is 11.7. The summed E-state index contributed by atoms with van der Waals surface area (Å²) in [6, 6.07) is 1.84. The van der Waals surface area contributed by atoms with E-state index in [9.17, 15) is 4.79 Å². The lowest BCUT2D eigenvalue weighted by atomic mass is 9.96. The van der Waals surface area contributed by atoms with Crippen molar-refractivity contribution in [3.63, 3.8) is 0 Å². The lowest BCUT2D eigenvalue weighted by Crippen LogP contribution is -2.17. The Bertz CT molecular complexity index is 410. The zero-order valence-corrected chi connectivity index (χ0v) is 8.94. The fourth-order valence-electron chi connectivity index (χ4n) is 1.70. The number of carbonyl (C=O) groups is 1. The number of aryl methyl sites for hydroxylation is 1. The Morgan fingerprint density at radius 3 is 2.86 bits per heavy atom. The molecule has 3 heteroatoms. The molecule has 1 aliphatic rings. The van der Waals surface area contributed by atoms with Gasteiger partial charge in [0.25, 0.3) is 0 Å². The molecule has 0 fully saturated rings. The highest BCUT2D eigenvalue weighted by atomic mass is 35.5. The van der Waals surface area contributed by atoms with Crippen LogP contribution >= 0.6 is 11.6 Å². The minimum atomic E-state index is 0.134. The van der Waals surface area contributed by atoms with Gasteiger partial charge in [0, 0.05) is 6.42 Å². The van der Waals surface area contributed by atoms with Gasteiger partial charge in [-0.25, -0.2) is 0 Å². The van der Waals surface area contributed by atoms with Gasteiger partial charge in [-0.1, -0.05) is 11.6 Å². The van der Waals surface area contributed by atoms with Crippen LogP contribution in [0.1, 0.15) is 27.9 Å². The van der Waals surface area contributed by atoms with E-state index in [1.54, 1.807) is 0 Å². The molecule has 0 atom stereocenters. The third-order valence-electron chi connectivity index (χ3n) is 2.61. The number of fused-ring (bicyclic) bond motifs is 1. The van der Waals surface area contributed by atoms with E-state index in [0.29, 0.717) is 29.4 Å². The van der Waals surface area contributed by atoms with Crippen LogP contribution < -0.4 is 4.74 Å². The van der Waals surface area contributed by atoms with E-state index in [-0.39, 0.29) is 5.78 Å². The minimum Gasteiger partial charge on any atom is -0.491 e. The summed E-state index contributed by atoms with van der Waals surface area (Å²) >= 11 is 6.01. The SMILES string of the molecule is Cc1cc(Cl)c2c(c1C)C(=O)CCO2. The summed E-state index contributed by atoms with van der Waals surface area (Å²) in [5.74, 6) is 0.695. The quantitative estimate of drug-likeness (QED) is 0.658. The first-order chi connectivity index (χ1) is 6.61. The van der Waals surface area contributed by atoms with Crippen molar-refractivity contribution in [3.05, 3.63) is 27.8 Å². The molecular weight excluding hydrogens is 200 g/mol. The summed E-state index contributed by atoms with van der Waals surface area (Å²) < 4.78 is 5.41. The molecule has 74 valence electrons. The minimum absolute atomic E-state index is 0.134. The number of carbonyl (C=O) groups excluding carboxylic acids is 1. The zero-order valence-electron chi connectivity index (χ0n) is 8.19. The number of halogens is 1. The second kappa shape index (κ2) is 3.28. The molecule has 14 heavy (non-hydrogen) atoms. The average Bonchev–Trinajstić information content (AvgIpc) is 2.14. The Balaban J connectivity index is 2.73. The number of ketones is 1. The average molecular weight is 211 g/mol. The van der Waals surface area contributed by atoms with Crippen LogP contribution in [0.4, 0.5) is 0 Å². The monoisotopic (exact) mass is 210 g/mol. The van der Waals surface area contributed by atoms with Gasteiger partial charge in [0.05, 0.1) is 17.2 Å².